The summed E-state index contributed by atoms with van der Waals surface area (Å²) < 4.78 is 5.54. The van der Waals surface area contributed by atoms with Gasteiger partial charge in [-0.15, -0.1) is 0 Å². The highest BCUT2D eigenvalue weighted by atomic mass is 35.5. The van der Waals surface area contributed by atoms with Crippen molar-refractivity contribution in [2.45, 2.75) is 13.0 Å². The van der Waals surface area contributed by atoms with Crippen LogP contribution < -0.4 is 10.2 Å². The monoisotopic (exact) mass is 386 g/mol. The van der Waals surface area contributed by atoms with Crippen molar-refractivity contribution in [1.29, 1.82) is 0 Å². The van der Waals surface area contributed by atoms with Crippen LogP contribution in [0.15, 0.2) is 41.0 Å². The van der Waals surface area contributed by atoms with E-state index in [-0.39, 0.29) is 6.04 Å². The van der Waals surface area contributed by atoms with Gasteiger partial charge in [0.1, 0.15) is 5.76 Å². The molecule has 0 aliphatic carbocycles. The Labute approximate surface area is 158 Å². The first kappa shape index (κ1) is 19.1. The third kappa shape index (κ3) is 5.38. The van der Waals surface area contributed by atoms with Crippen molar-refractivity contribution in [2.24, 2.45) is 0 Å². The summed E-state index contributed by atoms with van der Waals surface area (Å²) in [5.41, 5.74) is 0.770. The number of likely N-dealkylation sites (N-methyl/N-ethyl adjacent to an activating group) is 1. The molecule has 4 nitrogen and oxygen atoms in total. The van der Waals surface area contributed by atoms with E-state index < -0.39 is 0 Å². The zero-order valence-corrected chi connectivity index (χ0v) is 16.3. The number of furan rings is 1. The van der Waals surface area contributed by atoms with Gasteiger partial charge < -0.3 is 19.5 Å². The van der Waals surface area contributed by atoms with Crippen molar-refractivity contribution in [3.05, 3.63) is 52.4 Å². The number of hydrogen-bond donors (Lipinski definition) is 2. The van der Waals surface area contributed by atoms with Crippen LogP contribution >= 0.6 is 35.4 Å². The van der Waals surface area contributed by atoms with Crippen molar-refractivity contribution >= 4 is 46.2 Å². The fraction of sp³-hybridized carbons (Fsp3) is 0.353. The van der Waals surface area contributed by atoms with Gasteiger partial charge in [-0.25, -0.2) is 0 Å². The Kier molecular flexibility index (Phi) is 6.92. The van der Waals surface area contributed by atoms with Crippen LogP contribution in [0.4, 0.5) is 5.69 Å². The molecule has 0 aliphatic heterocycles. The quantitative estimate of drug-likeness (QED) is 0.744. The number of nitrogens with zero attached hydrogens (tertiary/aromatic N) is 1. The molecular formula is C17H22Cl2N3OS+. The van der Waals surface area contributed by atoms with Gasteiger partial charge in [0.15, 0.2) is 5.11 Å². The molecule has 2 rings (SSSR count). The molecule has 130 valence electrons. The number of rotatable bonds is 6. The van der Waals surface area contributed by atoms with Gasteiger partial charge in [0.25, 0.3) is 0 Å². The Morgan fingerprint density at radius 1 is 1.29 bits per heavy atom. The van der Waals surface area contributed by atoms with Gasteiger partial charge in [0.2, 0.25) is 0 Å². The van der Waals surface area contributed by atoms with E-state index in [2.05, 4.69) is 31.2 Å². The smallest absolute Gasteiger partial charge is 0.174 e. The van der Waals surface area contributed by atoms with Crippen LogP contribution in [0.25, 0.3) is 0 Å². The van der Waals surface area contributed by atoms with E-state index in [0.717, 1.165) is 24.5 Å². The number of hydrogen-bond acceptors (Lipinski definition) is 2. The molecule has 7 heteroatoms. The van der Waals surface area contributed by atoms with E-state index in [1.165, 1.54) is 4.90 Å². The molecule has 1 unspecified atom stereocenters. The highest BCUT2D eigenvalue weighted by Gasteiger charge is 2.22. The van der Waals surface area contributed by atoms with Crippen molar-refractivity contribution < 1.29 is 9.32 Å². The van der Waals surface area contributed by atoms with E-state index in [1.54, 1.807) is 24.5 Å². The maximum Gasteiger partial charge on any atom is 0.174 e. The highest BCUT2D eigenvalue weighted by Crippen LogP contribution is 2.25. The van der Waals surface area contributed by atoms with Gasteiger partial charge in [-0.05, 0) is 49.5 Å². The first-order chi connectivity index (χ1) is 11.4. The summed E-state index contributed by atoms with van der Waals surface area (Å²) >= 11 is 17.7. The lowest BCUT2D eigenvalue weighted by atomic mass is 10.2. The molecule has 0 radical (unpaired) electrons. The standard InChI is InChI=1S/C17H21Cl2N3OS/c1-12(16-5-4-8-23-16)22(7-6-21(2)3)17(24)20-15-10-13(18)9-14(19)11-15/h4-5,8-12H,6-7H2,1-3H3,(H,20,24)/p+1. The van der Waals surface area contributed by atoms with E-state index in [0.29, 0.717) is 15.2 Å². The summed E-state index contributed by atoms with van der Waals surface area (Å²) in [6.45, 7) is 3.82. The van der Waals surface area contributed by atoms with Crippen LogP contribution in [-0.2, 0) is 0 Å². The third-order valence-electron chi connectivity index (χ3n) is 3.65. The van der Waals surface area contributed by atoms with Gasteiger partial charge in [-0.1, -0.05) is 23.2 Å². The highest BCUT2D eigenvalue weighted by molar-refractivity contribution is 7.80. The lowest BCUT2D eigenvalue weighted by molar-refractivity contribution is -0.857. The Morgan fingerprint density at radius 3 is 2.50 bits per heavy atom. The average Bonchev–Trinajstić information content (AvgIpc) is 2.99. The van der Waals surface area contributed by atoms with Gasteiger partial charge in [-0.2, -0.15) is 0 Å². The van der Waals surface area contributed by atoms with Crippen LogP contribution in [0, 0.1) is 0 Å². The molecule has 1 aromatic heterocycles. The molecule has 0 fully saturated rings. The van der Waals surface area contributed by atoms with E-state index >= 15 is 0 Å². The number of benzene rings is 1. The predicted octanol–water partition coefficient (Wildman–Crippen LogP) is 3.49. The molecule has 0 saturated heterocycles. The zero-order chi connectivity index (χ0) is 17.7. The minimum Gasteiger partial charge on any atom is -0.467 e. The minimum atomic E-state index is 0.0222. The van der Waals surface area contributed by atoms with Crippen molar-refractivity contribution in [3.8, 4) is 0 Å². The molecule has 1 heterocycles. The van der Waals surface area contributed by atoms with Crippen molar-refractivity contribution in [2.75, 3.05) is 32.5 Å². The molecule has 0 aliphatic rings. The number of thiocarbonyl (C=S) groups is 1. The van der Waals surface area contributed by atoms with Gasteiger partial charge in [0, 0.05) is 15.7 Å². The zero-order valence-electron chi connectivity index (χ0n) is 14.0. The Bertz CT molecular complexity index is 656. The molecule has 0 spiro atoms. The number of halogens is 2. The second-order valence-electron chi connectivity index (χ2n) is 5.93. The van der Waals surface area contributed by atoms with Gasteiger partial charge in [-0.3, -0.25) is 0 Å². The lowest BCUT2D eigenvalue weighted by Crippen LogP contribution is -3.06. The van der Waals surface area contributed by atoms with E-state index in [4.69, 9.17) is 39.8 Å². The molecule has 1 aromatic carbocycles. The summed E-state index contributed by atoms with van der Waals surface area (Å²) in [7, 11) is 4.23. The SMILES string of the molecule is CC(c1ccco1)N(CC[NH+](C)C)C(=S)Nc1cc(Cl)cc(Cl)c1. The molecule has 1 atom stereocenters. The number of anilines is 1. The van der Waals surface area contributed by atoms with Gasteiger partial charge >= 0.3 is 0 Å². The molecule has 0 bridgehead atoms. The lowest BCUT2D eigenvalue weighted by Gasteiger charge is -2.31. The summed E-state index contributed by atoms with van der Waals surface area (Å²) in [6.07, 6.45) is 1.68. The van der Waals surface area contributed by atoms with Crippen molar-refractivity contribution in [1.82, 2.24) is 4.90 Å². The molecule has 24 heavy (non-hydrogen) atoms. The maximum atomic E-state index is 6.06. The normalized spacial score (nSPS) is 12.2. The van der Waals surface area contributed by atoms with E-state index in [9.17, 15) is 0 Å². The predicted molar refractivity (Wildman–Crippen MR) is 104 cm³/mol. The van der Waals surface area contributed by atoms with Crippen LogP contribution in [0.1, 0.15) is 18.7 Å². The fourth-order valence-electron chi connectivity index (χ4n) is 2.32. The minimum absolute atomic E-state index is 0.0222. The average molecular weight is 387 g/mol. The summed E-state index contributed by atoms with van der Waals surface area (Å²) in [5.74, 6) is 0.872. The Morgan fingerprint density at radius 2 is 1.96 bits per heavy atom. The van der Waals surface area contributed by atoms with Crippen molar-refractivity contribution in [3.63, 3.8) is 0 Å². The second kappa shape index (κ2) is 8.72. The van der Waals surface area contributed by atoms with E-state index in [1.807, 2.05) is 12.1 Å². The molecular weight excluding hydrogens is 365 g/mol. The largest absolute Gasteiger partial charge is 0.467 e. The summed E-state index contributed by atoms with van der Waals surface area (Å²) in [4.78, 5) is 3.45. The van der Waals surface area contributed by atoms with Crippen LogP contribution in [0.2, 0.25) is 10.0 Å². The summed E-state index contributed by atoms with van der Waals surface area (Å²) in [5, 5.41) is 4.97. The first-order valence-corrected chi connectivity index (χ1v) is 8.89. The molecule has 2 aromatic rings. The van der Waals surface area contributed by atoms with Crippen LogP contribution in [0.3, 0.4) is 0 Å². The van der Waals surface area contributed by atoms with Crippen LogP contribution in [0.5, 0.6) is 0 Å². The van der Waals surface area contributed by atoms with Crippen LogP contribution in [-0.4, -0.2) is 37.2 Å². The summed E-state index contributed by atoms with van der Waals surface area (Å²) in [6, 6.07) is 9.15. The first-order valence-electron chi connectivity index (χ1n) is 7.73. The Hall–Kier alpha value is -1.27. The third-order valence-corrected chi connectivity index (χ3v) is 4.42. The van der Waals surface area contributed by atoms with Gasteiger partial charge in [0.05, 0.1) is 39.5 Å². The number of quaternary nitrogens is 1. The number of nitrogens with one attached hydrogen (secondary N) is 2. The molecule has 0 amide bonds. The topological polar surface area (TPSA) is 32.9 Å². The second-order valence-corrected chi connectivity index (χ2v) is 7.19. The fourth-order valence-corrected chi connectivity index (χ4v) is 3.21. The Balaban J connectivity index is 2.16. The molecule has 2 N–H and O–H groups in total. The molecule has 0 saturated carbocycles. The maximum absolute atomic E-state index is 6.06.